The maximum atomic E-state index is 10.7. The lowest BCUT2D eigenvalue weighted by atomic mass is 10.0. The van der Waals surface area contributed by atoms with Crippen molar-refractivity contribution in [3.8, 4) is 0 Å². The lowest BCUT2D eigenvalue weighted by Crippen LogP contribution is -2.01. The standard InChI is InChI=1S/C13H15ClO2.CH4/c1-2-8-3-9-5-11(7-13(15)16)12(14)6-10(9)4-8;/h5-6,8H,2-4,7H2,1H3,(H,15,16);1H4. The summed E-state index contributed by atoms with van der Waals surface area (Å²) in [6.07, 6.45) is 3.33. The second-order valence-electron chi connectivity index (χ2n) is 4.47. The fourth-order valence-electron chi connectivity index (χ4n) is 2.37. The number of carboxylic acids is 1. The molecule has 0 aromatic heterocycles. The van der Waals surface area contributed by atoms with Crippen LogP contribution >= 0.6 is 11.6 Å². The Morgan fingerprint density at radius 1 is 1.41 bits per heavy atom. The van der Waals surface area contributed by atoms with Gasteiger partial charge in [0.15, 0.2) is 0 Å². The van der Waals surface area contributed by atoms with Gasteiger partial charge in [0.2, 0.25) is 0 Å². The highest BCUT2D eigenvalue weighted by Crippen LogP contribution is 2.32. The number of benzene rings is 1. The summed E-state index contributed by atoms with van der Waals surface area (Å²) in [6, 6.07) is 3.92. The molecule has 1 aliphatic carbocycles. The van der Waals surface area contributed by atoms with E-state index in [1.807, 2.05) is 12.1 Å². The predicted molar refractivity (Wildman–Crippen MR) is 70.7 cm³/mol. The summed E-state index contributed by atoms with van der Waals surface area (Å²) in [5.41, 5.74) is 3.32. The van der Waals surface area contributed by atoms with E-state index in [9.17, 15) is 4.79 Å². The maximum Gasteiger partial charge on any atom is 0.307 e. The van der Waals surface area contributed by atoms with Crippen molar-refractivity contribution in [2.75, 3.05) is 0 Å². The van der Waals surface area contributed by atoms with E-state index in [4.69, 9.17) is 16.7 Å². The summed E-state index contributed by atoms with van der Waals surface area (Å²) in [7, 11) is 0. The Kier molecular flexibility index (Phi) is 4.58. The number of halogens is 1. The van der Waals surface area contributed by atoms with Crippen LogP contribution in [0.2, 0.25) is 5.02 Å². The van der Waals surface area contributed by atoms with Gasteiger partial charge < -0.3 is 5.11 Å². The van der Waals surface area contributed by atoms with E-state index in [-0.39, 0.29) is 13.8 Å². The first-order valence-electron chi connectivity index (χ1n) is 5.62. The van der Waals surface area contributed by atoms with E-state index < -0.39 is 5.97 Å². The molecule has 0 saturated heterocycles. The molecule has 0 fully saturated rings. The number of aliphatic carboxylic acids is 1. The van der Waals surface area contributed by atoms with Gasteiger partial charge in [-0.3, -0.25) is 4.79 Å². The predicted octanol–water partition coefficient (Wildman–Crippen LogP) is 3.73. The molecule has 1 atom stereocenters. The lowest BCUT2D eigenvalue weighted by molar-refractivity contribution is -0.136. The summed E-state index contributed by atoms with van der Waals surface area (Å²) in [5, 5.41) is 9.37. The van der Waals surface area contributed by atoms with Crippen molar-refractivity contribution in [2.45, 2.75) is 40.0 Å². The second kappa shape index (κ2) is 5.54. The van der Waals surface area contributed by atoms with Gasteiger partial charge in [0.05, 0.1) is 6.42 Å². The molecule has 0 spiro atoms. The number of hydrogen-bond acceptors (Lipinski definition) is 1. The second-order valence-corrected chi connectivity index (χ2v) is 4.87. The topological polar surface area (TPSA) is 37.3 Å². The zero-order valence-electron chi connectivity index (χ0n) is 9.29. The minimum absolute atomic E-state index is 0. The Bertz CT molecular complexity index is 426. The Labute approximate surface area is 108 Å². The average molecular weight is 255 g/mol. The van der Waals surface area contributed by atoms with E-state index in [0.29, 0.717) is 10.9 Å². The van der Waals surface area contributed by atoms with Crippen molar-refractivity contribution in [3.05, 3.63) is 33.8 Å². The van der Waals surface area contributed by atoms with Gasteiger partial charge in [0.25, 0.3) is 0 Å². The van der Waals surface area contributed by atoms with Crippen LogP contribution in [0.15, 0.2) is 12.1 Å². The van der Waals surface area contributed by atoms with E-state index in [1.54, 1.807) is 0 Å². The van der Waals surface area contributed by atoms with Crippen LogP contribution < -0.4 is 0 Å². The van der Waals surface area contributed by atoms with E-state index >= 15 is 0 Å². The van der Waals surface area contributed by atoms with Crippen molar-refractivity contribution < 1.29 is 9.90 Å². The van der Waals surface area contributed by atoms with Gasteiger partial charge in [-0.15, -0.1) is 0 Å². The smallest absolute Gasteiger partial charge is 0.307 e. The molecule has 0 bridgehead atoms. The monoisotopic (exact) mass is 254 g/mol. The maximum absolute atomic E-state index is 10.7. The molecule has 1 N–H and O–H groups in total. The number of hydrogen-bond donors (Lipinski definition) is 1. The van der Waals surface area contributed by atoms with Crippen LogP contribution in [0.4, 0.5) is 0 Å². The molecule has 2 nitrogen and oxygen atoms in total. The van der Waals surface area contributed by atoms with Crippen molar-refractivity contribution in [1.82, 2.24) is 0 Å². The Morgan fingerprint density at radius 2 is 2.00 bits per heavy atom. The van der Waals surface area contributed by atoms with Crippen LogP contribution in [-0.4, -0.2) is 11.1 Å². The number of carboxylic acid groups (broad SMARTS) is 1. The molecule has 0 saturated carbocycles. The quantitative estimate of drug-likeness (QED) is 0.893. The summed E-state index contributed by atoms with van der Waals surface area (Å²) in [6.45, 7) is 2.19. The van der Waals surface area contributed by atoms with E-state index in [0.717, 1.165) is 18.4 Å². The lowest BCUT2D eigenvalue weighted by Gasteiger charge is -2.05. The SMILES string of the molecule is C.CCC1Cc2cc(Cl)c(CC(=O)O)cc2C1. The summed E-state index contributed by atoms with van der Waals surface area (Å²) in [4.78, 5) is 10.7. The number of rotatable bonds is 3. The van der Waals surface area contributed by atoms with Gasteiger partial charge in [-0.25, -0.2) is 0 Å². The molecule has 1 aliphatic rings. The first kappa shape index (κ1) is 14.0. The van der Waals surface area contributed by atoms with Gasteiger partial charge in [-0.1, -0.05) is 38.4 Å². The van der Waals surface area contributed by atoms with Crippen LogP contribution in [0.25, 0.3) is 0 Å². The molecule has 0 radical (unpaired) electrons. The van der Waals surface area contributed by atoms with Gasteiger partial charge in [0.1, 0.15) is 0 Å². The summed E-state index contributed by atoms with van der Waals surface area (Å²) in [5.74, 6) is -0.127. The molecule has 1 aromatic carbocycles. The molecular weight excluding hydrogens is 236 g/mol. The van der Waals surface area contributed by atoms with Crippen molar-refractivity contribution in [1.29, 1.82) is 0 Å². The van der Waals surface area contributed by atoms with E-state index in [1.165, 1.54) is 17.5 Å². The molecule has 1 aromatic rings. The Hall–Kier alpha value is -1.02. The highest BCUT2D eigenvalue weighted by atomic mass is 35.5. The van der Waals surface area contributed by atoms with Gasteiger partial charge in [-0.2, -0.15) is 0 Å². The van der Waals surface area contributed by atoms with Crippen LogP contribution in [-0.2, 0) is 24.1 Å². The van der Waals surface area contributed by atoms with Gasteiger partial charge in [0, 0.05) is 5.02 Å². The minimum atomic E-state index is -0.827. The summed E-state index contributed by atoms with van der Waals surface area (Å²) < 4.78 is 0. The largest absolute Gasteiger partial charge is 0.481 e. The fraction of sp³-hybridized carbons (Fsp3) is 0.500. The first-order valence-corrected chi connectivity index (χ1v) is 6.00. The molecule has 1 unspecified atom stereocenters. The molecule has 17 heavy (non-hydrogen) atoms. The van der Waals surface area contributed by atoms with Crippen molar-refractivity contribution >= 4 is 17.6 Å². The van der Waals surface area contributed by atoms with Gasteiger partial charge in [-0.05, 0) is 41.5 Å². The highest BCUT2D eigenvalue weighted by molar-refractivity contribution is 6.31. The van der Waals surface area contributed by atoms with Crippen molar-refractivity contribution in [3.63, 3.8) is 0 Å². The third-order valence-electron chi connectivity index (χ3n) is 3.30. The molecule has 3 heteroatoms. The molecule has 94 valence electrons. The Morgan fingerprint density at radius 3 is 2.53 bits per heavy atom. The molecule has 0 amide bonds. The van der Waals surface area contributed by atoms with Crippen LogP contribution in [0, 0.1) is 5.92 Å². The zero-order chi connectivity index (χ0) is 11.7. The minimum Gasteiger partial charge on any atom is -0.481 e. The van der Waals surface area contributed by atoms with Crippen molar-refractivity contribution in [2.24, 2.45) is 5.92 Å². The van der Waals surface area contributed by atoms with Crippen LogP contribution in [0.5, 0.6) is 0 Å². The Balaban J connectivity index is 0.00000144. The first-order chi connectivity index (χ1) is 7.60. The molecule has 2 rings (SSSR count). The average Bonchev–Trinajstić information content (AvgIpc) is 2.59. The number of fused-ring (bicyclic) bond motifs is 1. The third-order valence-corrected chi connectivity index (χ3v) is 3.66. The molecular formula is C14H19ClO2. The van der Waals surface area contributed by atoms with Gasteiger partial charge >= 0.3 is 5.97 Å². The highest BCUT2D eigenvalue weighted by Gasteiger charge is 2.21. The fourth-order valence-corrected chi connectivity index (χ4v) is 2.62. The van der Waals surface area contributed by atoms with Crippen LogP contribution in [0.3, 0.4) is 0 Å². The third kappa shape index (κ3) is 3.01. The molecule has 0 aliphatic heterocycles. The van der Waals surface area contributed by atoms with E-state index in [2.05, 4.69) is 6.92 Å². The normalized spacial score (nSPS) is 17.4. The number of carbonyl (C=O) groups is 1. The van der Waals surface area contributed by atoms with Crippen LogP contribution in [0.1, 0.15) is 37.5 Å². The zero-order valence-corrected chi connectivity index (χ0v) is 10.0. The molecule has 0 heterocycles. The summed E-state index contributed by atoms with van der Waals surface area (Å²) >= 11 is 6.08.